The van der Waals surface area contributed by atoms with Crippen LogP contribution in [0.4, 0.5) is 0 Å². The molecule has 24 heavy (non-hydrogen) atoms. The third-order valence-corrected chi connectivity index (χ3v) is 3.84. The van der Waals surface area contributed by atoms with E-state index in [0.29, 0.717) is 12.2 Å². The summed E-state index contributed by atoms with van der Waals surface area (Å²) in [4.78, 5) is 11.5. The minimum atomic E-state index is -0.991. The maximum atomic E-state index is 11.5. The predicted molar refractivity (Wildman–Crippen MR) is 91.5 cm³/mol. The van der Waals surface area contributed by atoms with Crippen molar-refractivity contribution in [3.63, 3.8) is 0 Å². The summed E-state index contributed by atoms with van der Waals surface area (Å²) < 4.78 is 6.65. The molecule has 0 radical (unpaired) electrons. The van der Waals surface area contributed by atoms with Crippen LogP contribution in [0, 0.1) is 6.92 Å². The molecule has 0 aliphatic heterocycles. The lowest BCUT2D eigenvalue weighted by molar-refractivity contribution is 0.0684. The molecule has 0 spiro atoms. The molecule has 2 aromatic carbocycles. The van der Waals surface area contributed by atoms with E-state index in [1.54, 1.807) is 13.2 Å². The van der Waals surface area contributed by atoms with Crippen molar-refractivity contribution in [2.45, 2.75) is 13.5 Å². The molecule has 5 nitrogen and oxygen atoms in total. The van der Waals surface area contributed by atoms with Gasteiger partial charge in [-0.2, -0.15) is 5.10 Å². The van der Waals surface area contributed by atoms with Gasteiger partial charge < -0.3 is 9.84 Å². The second-order valence-corrected chi connectivity index (χ2v) is 5.59. The van der Waals surface area contributed by atoms with E-state index in [1.165, 1.54) is 4.68 Å². The minimum absolute atomic E-state index is 0.168. The molecule has 0 saturated heterocycles. The molecule has 1 heterocycles. The van der Waals surface area contributed by atoms with Crippen LogP contribution >= 0.6 is 0 Å². The number of nitrogens with zero attached hydrogens (tertiary/aromatic N) is 2. The van der Waals surface area contributed by atoms with Crippen LogP contribution in [-0.2, 0) is 6.54 Å². The van der Waals surface area contributed by atoms with Gasteiger partial charge in [-0.15, -0.1) is 0 Å². The van der Waals surface area contributed by atoms with Gasteiger partial charge in [0.15, 0.2) is 0 Å². The highest BCUT2D eigenvalue weighted by molar-refractivity contribution is 5.87. The zero-order chi connectivity index (χ0) is 17.1. The fourth-order valence-electron chi connectivity index (χ4n) is 2.48. The Morgan fingerprint density at radius 3 is 2.38 bits per heavy atom. The van der Waals surface area contributed by atoms with E-state index >= 15 is 0 Å². The first-order valence-corrected chi connectivity index (χ1v) is 7.58. The monoisotopic (exact) mass is 322 g/mol. The molecule has 1 aromatic heterocycles. The van der Waals surface area contributed by atoms with Crippen LogP contribution in [0.1, 0.15) is 21.6 Å². The Morgan fingerprint density at radius 1 is 1.12 bits per heavy atom. The van der Waals surface area contributed by atoms with Gasteiger partial charge in [-0.25, -0.2) is 4.79 Å². The topological polar surface area (TPSA) is 64.4 Å². The second-order valence-electron chi connectivity index (χ2n) is 5.59. The fourth-order valence-corrected chi connectivity index (χ4v) is 2.48. The highest BCUT2D eigenvalue weighted by Gasteiger charge is 2.15. The molecule has 0 bridgehead atoms. The molecule has 0 aliphatic rings. The Bertz CT molecular complexity index is 849. The fraction of sp³-hybridized carbons (Fsp3) is 0.158. The predicted octanol–water partition coefficient (Wildman–Crippen LogP) is 3.61. The van der Waals surface area contributed by atoms with E-state index in [9.17, 15) is 9.90 Å². The lowest BCUT2D eigenvalue weighted by Gasteiger charge is -2.06. The Labute approximate surface area is 140 Å². The standard InChI is InChI=1S/C19H18N2O3/c1-13-3-7-15(8-4-13)17-11-18(19(22)23)21(20-17)12-14-5-9-16(24-2)10-6-14/h3-11H,12H2,1-2H3,(H,22,23). The zero-order valence-corrected chi connectivity index (χ0v) is 13.6. The molecule has 1 N–H and O–H groups in total. The number of carboxylic acids is 1. The average molecular weight is 322 g/mol. The van der Waals surface area contributed by atoms with Crippen molar-refractivity contribution in [3.8, 4) is 17.0 Å². The number of carboxylic acid groups (broad SMARTS) is 1. The van der Waals surface area contributed by atoms with Gasteiger partial charge in [0.2, 0.25) is 0 Å². The van der Waals surface area contributed by atoms with Crippen molar-refractivity contribution in [2.75, 3.05) is 7.11 Å². The molecule has 0 amide bonds. The molecule has 3 rings (SSSR count). The number of aryl methyl sites for hydroxylation is 1. The van der Waals surface area contributed by atoms with Crippen molar-refractivity contribution in [3.05, 3.63) is 71.4 Å². The lowest BCUT2D eigenvalue weighted by atomic mass is 10.1. The van der Waals surface area contributed by atoms with E-state index in [2.05, 4.69) is 5.10 Å². The second kappa shape index (κ2) is 6.58. The van der Waals surface area contributed by atoms with E-state index in [0.717, 1.165) is 22.4 Å². The van der Waals surface area contributed by atoms with Gasteiger partial charge in [0, 0.05) is 5.56 Å². The molecule has 0 fully saturated rings. The van der Waals surface area contributed by atoms with Crippen molar-refractivity contribution >= 4 is 5.97 Å². The molecule has 0 atom stereocenters. The van der Waals surface area contributed by atoms with Crippen LogP contribution in [-0.4, -0.2) is 28.0 Å². The largest absolute Gasteiger partial charge is 0.497 e. The third kappa shape index (κ3) is 3.30. The van der Waals surface area contributed by atoms with E-state index in [4.69, 9.17) is 4.74 Å². The Kier molecular flexibility index (Phi) is 4.33. The molecule has 0 saturated carbocycles. The number of aromatic carboxylic acids is 1. The minimum Gasteiger partial charge on any atom is -0.497 e. The molecule has 122 valence electrons. The maximum absolute atomic E-state index is 11.5. The first-order valence-electron chi connectivity index (χ1n) is 7.58. The average Bonchev–Trinajstić information content (AvgIpc) is 3.00. The summed E-state index contributed by atoms with van der Waals surface area (Å²) >= 11 is 0. The van der Waals surface area contributed by atoms with Crippen molar-refractivity contribution in [1.82, 2.24) is 9.78 Å². The van der Waals surface area contributed by atoms with Gasteiger partial charge in [-0.05, 0) is 30.7 Å². The van der Waals surface area contributed by atoms with Crippen LogP contribution in [0.2, 0.25) is 0 Å². The van der Waals surface area contributed by atoms with Gasteiger partial charge in [-0.1, -0.05) is 42.0 Å². The Hall–Kier alpha value is -3.08. The Morgan fingerprint density at radius 2 is 1.79 bits per heavy atom. The summed E-state index contributed by atoms with van der Waals surface area (Å²) in [5.74, 6) is -0.229. The van der Waals surface area contributed by atoms with E-state index < -0.39 is 5.97 Å². The van der Waals surface area contributed by atoms with Crippen molar-refractivity contribution < 1.29 is 14.6 Å². The summed E-state index contributed by atoms with van der Waals surface area (Å²) in [5.41, 5.74) is 3.82. The molecule has 5 heteroatoms. The van der Waals surface area contributed by atoms with Crippen LogP contribution < -0.4 is 4.74 Å². The third-order valence-electron chi connectivity index (χ3n) is 3.84. The number of aromatic nitrogens is 2. The molecular weight excluding hydrogens is 304 g/mol. The smallest absolute Gasteiger partial charge is 0.354 e. The van der Waals surface area contributed by atoms with Crippen LogP contribution in [0.3, 0.4) is 0 Å². The number of hydrogen-bond donors (Lipinski definition) is 1. The number of methoxy groups -OCH3 is 1. The summed E-state index contributed by atoms with van der Waals surface area (Å²) in [6, 6.07) is 17.0. The normalized spacial score (nSPS) is 10.6. The van der Waals surface area contributed by atoms with Crippen LogP contribution in [0.25, 0.3) is 11.3 Å². The van der Waals surface area contributed by atoms with Gasteiger partial charge >= 0.3 is 5.97 Å². The number of ether oxygens (including phenoxy) is 1. The molecule has 3 aromatic rings. The summed E-state index contributed by atoms with van der Waals surface area (Å²) in [6.45, 7) is 2.40. The van der Waals surface area contributed by atoms with Crippen molar-refractivity contribution in [1.29, 1.82) is 0 Å². The van der Waals surface area contributed by atoms with Gasteiger partial charge in [0.1, 0.15) is 11.4 Å². The van der Waals surface area contributed by atoms with Crippen LogP contribution in [0.5, 0.6) is 5.75 Å². The number of hydrogen-bond acceptors (Lipinski definition) is 3. The summed E-state index contributed by atoms with van der Waals surface area (Å²) in [5, 5.41) is 13.9. The number of benzene rings is 2. The zero-order valence-electron chi connectivity index (χ0n) is 13.6. The first-order chi connectivity index (χ1) is 11.6. The Balaban J connectivity index is 1.93. The first kappa shape index (κ1) is 15.8. The summed E-state index contributed by atoms with van der Waals surface area (Å²) in [6.07, 6.45) is 0. The van der Waals surface area contributed by atoms with Crippen LogP contribution in [0.15, 0.2) is 54.6 Å². The molecule has 0 aliphatic carbocycles. The highest BCUT2D eigenvalue weighted by Crippen LogP contribution is 2.21. The number of rotatable bonds is 5. The number of carbonyl (C=O) groups is 1. The van der Waals surface area contributed by atoms with Gasteiger partial charge in [-0.3, -0.25) is 4.68 Å². The summed E-state index contributed by atoms with van der Waals surface area (Å²) in [7, 11) is 1.61. The molecule has 0 unspecified atom stereocenters. The van der Waals surface area contributed by atoms with E-state index in [1.807, 2.05) is 55.5 Å². The highest BCUT2D eigenvalue weighted by atomic mass is 16.5. The van der Waals surface area contributed by atoms with Crippen molar-refractivity contribution in [2.24, 2.45) is 0 Å². The quantitative estimate of drug-likeness (QED) is 0.779. The SMILES string of the molecule is COc1ccc(Cn2nc(-c3ccc(C)cc3)cc2C(=O)O)cc1. The van der Waals surface area contributed by atoms with Gasteiger partial charge in [0.25, 0.3) is 0 Å². The maximum Gasteiger partial charge on any atom is 0.354 e. The molecular formula is C19H18N2O3. The van der Waals surface area contributed by atoms with E-state index in [-0.39, 0.29) is 5.69 Å². The lowest BCUT2D eigenvalue weighted by Crippen LogP contribution is -2.10. The van der Waals surface area contributed by atoms with Gasteiger partial charge in [0.05, 0.1) is 19.3 Å².